The van der Waals surface area contributed by atoms with Crippen molar-refractivity contribution in [2.45, 2.75) is 18.7 Å². The van der Waals surface area contributed by atoms with Gasteiger partial charge < -0.3 is 4.74 Å². The van der Waals surface area contributed by atoms with Crippen molar-refractivity contribution in [3.63, 3.8) is 0 Å². The number of aromatic nitrogens is 1. The fourth-order valence-corrected chi connectivity index (χ4v) is 1.01. The molecule has 108 valence electrons. The summed E-state index contributed by atoms with van der Waals surface area (Å²) in [5, 5.41) is 0. The maximum Gasteiger partial charge on any atom is 0.573 e. The molecular weight excluding hydrogens is 297 g/mol. The largest absolute Gasteiger partial charge is 0.573 e. The van der Waals surface area contributed by atoms with E-state index in [4.69, 9.17) is 0 Å². The fraction of sp³-hybridized carbons (Fsp3) is 0.375. The van der Waals surface area contributed by atoms with Gasteiger partial charge in [0.2, 0.25) is 0 Å². The van der Waals surface area contributed by atoms with Crippen molar-refractivity contribution in [2.75, 3.05) is 0 Å². The predicted octanol–water partition coefficient (Wildman–Crippen LogP) is 4.02. The van der Waals surface area contributed by atoms with E-state index >= 15 is 0 Å². The third-order valence-corrected chi connectivity index (χ3v) is 1.69. The SMILES string of the molecule is FC(F)(F)Oc1cc(C(F)(F)F)ncc1C(F)(F)F. The Morgan fingerprint density at radius 2 is 1.37 bits per heavy atom. The first-order chi connectivity index (χ1) is 8.31. The lowest BCUT2D eigenvalue weighted by Gasteiger charge is -2.16. The van der Waals surface area contributed by atoms with Crippen LogP contribution >= 0.6 is 0 Å². The van der Waals surface area contributed by atoms with Crippen molar-refractivity contribution < 1.29 is 44.3 Å². The third kappa shape index (κ3) is 4.17. The van der Waals surface area contributed by atoms with Crippen LogP contribution in [0, 0.1) is 0 Å². The summed E-state index contributed by atoms with van der Waals surface area (Å²) in [5.41, 5.74) is -3.99. The number of pyridine rings is 1. The molecule has 1 heterocycles. The van der Waals surface area contributed by atoms with Crippen LogP contribution in [0.4, 0.5) is 39.5 Å². The molecule has 0 aliphatic rings. The summed E-state index contributed by atoms with van der Waals surface area (Å²) in [6.07, 6.45) is -16.5. The van der Waals surface area contributed by atoms with Crippen LogP contribution in [0.5, 0.6) is 5.75 Å². The average Bonchev–Trinajstić information content (AvgIpc) is 2.11. The number of ether oxygens (including phenoxy) is 1. The van der Waals surface area contributed by atoms with E-state index in [2.05, 4.69) is 9.72 Å². The van der Waals surface area contributed by atoms with Gasteiger partial charge in [0, 0.05) is 12.3 Å². The Bertz CT molecular complexity index is 459. The van der Waals surface area contributed by atoms with Crippen molar-refractivity contribution in [1.29, 1.82) is 0 Å². The normalized spacial score (nSPS) is 13.5. The highest BCUT2D eigenvalue weighted by atomic mass is 19.4. The third-order valence-electron chi connectivity index (χ3n) is 1.69. The van der Waals surface area contributed by atoms with Crippen LogP contribution in [0.1, 0.15) is 11.3 Å². The molecule has 0 unspecified atom stereocenters. The second kappa shape index (κ2) is 4.46. The molecule has 1 aromatic rings. The summed E-state index contributed by atoms with van der Waals surface area (Å²) in [5.74, 6) is -2.01. The van der Waals surface area contributed by atoms with Crippen molar-refractivity contribution >= 4 is 0 Å². The Labute approximate surface area is 98.3 Å². The van der Waals surface area contributed by atoms with Gasteiger partial charge in [-0.05, 0) is 0 Å². The van der Waals surface area contributed by atoms with Gasteiger partial charge in [0.25, 0.3) is 0 Å². The minimum absolute atomic E-state index is 0.371. The molecule has 0 fully saturated rings. The maximum atomic E-state index is 12.3. The second-order valence-electron chi connectivity index (χ2n) is 3.11. The number of hydrogen-bond acceptors (Lipinski definition) is 2. The highest BCUT2D eigenvalue weighted by Gasteiger charge is 2.42. The van der Waals surface area contributed by atoms with Crippen LogP contribution in [-0.2, 0) is 12.4 Å². The quantitative estimate of drug-likeness (QED) is 0.731. The molecule has 0 spiro atoms. The van der Waals surface area contributed by atoms with E-state index < -0.39 is 41.8 Å². The Morgan fingerprint density at radius 3 is 1.74 bits per heavy atom. The van der Waals surface area contributed by atoms with E-state index in [1.807, 2.05) is 0 Å². The lowest BCUT2D eigenvalue weighted by atomic mass is 10.2. The first kappa shape index (κ1) is 15.4. The van der Waals surface area contributed by atoms with E-state index in [1.54, 1.807) is 0 Å². The van der Waals surface area contributed by atoms with Gasteiger partial charge in [-0.1, -0.05) is 0 Å². The molecule has 0 atom stereocenters. The number of halogens is 9. The zero-order valence-corrected chi connectivity index (χ0v) is 8.41. The molecule has 1 rings (SSSR count). The summed E-state index contributed by atoms with van der Waals surface area (Å²) >= 11 is 0. The van der Waals surface area contributed by atoms with Crippen molar-refractivity contribution in [1.82, 2.24) is 4.98 Å². The second-order valence-corrected chi connectivity index (χ2v) is 3.11. The molecule has 19 heavy (non-hydrogen) atoms. The van der Waals surface area contributed by atoms with Gasteiger partial charge in [-0.2, -0.15) is 26.3 Å². The van der Waals surface area contributed by atoms with Gasteiger partial charge >= 0.3 is 18.7 Å². The van der Waals surface area contributed by atoms with Gasteiger partial charge in [-0.3, -0.25) is 4.98 Å². The highest BCUT2D eigenvalue weighted by molar-refractivity contribution is 5.36. The molecule has 11 heteroatoms. The predicted molar refractivity (Wildman–Crippen MR) is 40.9 cm³/mol. The van der Waals surface area contributed by atoms with Crippen LogP contribution in [-0.4, -0.2) is 11.3 Å². The summed E-state index contributed by atoms with van der Waals surface area (Å²) in [6.45, 7) is 0. The molecule has 0 bridgehead atoms. The van der Waals surface area contributed by atoms with E-state index in [0.717, 1.165) is 0 Å². The van der Waals surface area contributed by atoms with E-state index in [0.29, 0.717) is 0 Å². The molecule has 1 aromatic heterocycles. The molecule has 0 amide bonds. The molecule has 0 N–H and O–H groups in total. The fourth-order valence-electron chi connectivity index (χ4n) is 1.01. The first-order valence-electron chi connectivity index (χ1n) is 4.21. The van der Waals surface area contributed by atoms with Crippen LogP contribution in [0.15, 0.2) is 12.3 Å². The van der Waals surface area contributed by atoms with Crippen LogP contribution in [0.2, 0.25) is 0 Å². The Hall–Kier alpha value is -1.68. The Balaban J connectivity index is 3.35. The molecule has 0 aliphatic heterocycles. The molecule has 2 nitrogen and oxygen atoms in total. The van der Waals surface area contributed by atoms with Gasteiger partial charge in [0.05, 0.1) is 0 Å². The van der Waals surface area contributed by atoms with Gasteiger partial charge in [-0.25, -0.2) is 0 Å². The summed E-state index contributed by atoms with van der Waals surface area (Å²) in [4.78, 5) is 2.41. The maximum absolute atomic E-state index is 12.3. The molecule has 0 saturated carbocycles. The van der Waals surface area contributed by atoms with Crippen molar-refractivity contribution in [2.24, 2.45) is 0 Å². The summed E-state index contributed by atoms with van der Waals surface area (Å²) in [7, 11) is 0. The molecule has 0 aromatic carbocycles. The molecular formula is C8H2F9NO. The number of hydrogen-bond donors (Lipinski definition) is 0. The standard InChI is InChI=1S/C8H2F9NO/c9-6(10,11)3-2-18-5(7(12,13)14)1-4(3)19-8(15,16)17/h1-2H. The minimum atomic E-state index is -5.57. The first-order valence-corrected chi connectivity index (χ1v) is 4.21. The Morgan fingerprint density at radius 1 is 0.842 bits per heavy atom. The topological polar surface area (TPSA) is 22.1 Å². The van der Waals surface area contributed by atoms with Crippen LogP contribution in [0.3, 0.4) is 0 Å². The monoisotopic (exact) mass is 299 g/mol. The van der Waals surface area contributed by atoms with E-state index in [-0.39, 0.29) is 6.20 Å². The molecule has 0 saturated heterocycles. The van der Waals surface area contributed by atoms with Gasteiger partial charge in [-0.15, -0.1) is 13.2 Å². The number of nitrogens with zero attached hydrogens (tertiary/aromatic N) is 1. The lowest BCUT2D eigenvalue weighted by Crippen LogP contribution is -2.21. The van der Waals surface area contributed by atoms with E-state index in [1.165, 1.54) is 0 Å². The smallest absolute Gasteiger partial charge is 0.405 e. The number of rotatable bonds is 1. The van der Waals surface area contributed by atoms with Crippen LogP contribution < -0.4 is 4.74 Å². The highest BCUT2D eigenvalue weighted by Crippen LogP contribution is 2.40. The van der Waals surface area contributed by atoms with Crippen LogP contribution in [0.25, 0.3) is 0 Å². The zero-order valence-electron chi connectivity index (χ0n) is 8.41. The lowest BCUT2D eigenvalue weighted by molar-refractivity contribution is -0.276. The van der Waals surface area contributed by atoms with Crippen molar-refractivity contribution in [3.8, 4) is 5.75 Å². The zero-order chi connectivity index (χ0) is 15.1. The molecule has 0 aliphatic carbocycles. The van der Waals surface area contributed by atoms with E-state index in [9.17, 15) is 39.5 Å². The van der Waals surface area contributed by atoms with Gasteiger partial charge in [0.1, 0.15) is 17.0 Å². The molecule has 0 radical (unpaired) electrons. The minimum Gasteiger partial charge on any atom is -0.405 e. The average molecular weight is 299 g/mol. The summed E-state index contributed by atoms with van der Waals surface area (Å²) < 4.78 is 112. The van der Waals surface area contributed by atoms with Crippen molar-refractivity contribution in [3.05, 3.63) is 23.5 Å². The summed E-state index contributed by atoms with van der Waals surface area (Å²) in [6, 6.07) is -0.462. The Kier molecular flexibility index (Phi) is 3.61. The number of alkyl halides is 9. The van der Waals surface area contributed by atoms with Gasteiger partial charge in [0.15, 0.2) is 0 Å².